The van der Waals surface area contributed by atoms with Crippen LogP contribution in [0.25, 0.3) is 0 Å². The number of amides is 1. The fraction of sp³-hybridized carbons (Fsp3) is 0.467. The summed E-state index contributed by atoms with van der Waals surface area (Å²) in [6.45, 7) is 0. The number of ether oxygens (including phenoxy) is 1. The molecule has 0 saturated heterocycles. The molecule has 1 amide bonds. The fourth-order valence-electron chi connectivity index (χ4n) is 2.49. The molecule has 1 fully saturated rings. The van der Waals surface area contributed by atoms with E-state index in [2.05, 4.69) is 5.32 Å². The lowest BCUT2D eigenvalue weighted by Gasteiger charge is -2.40. The Morgan fingerprint density at radius 2 is 2.10 bits per heavy atom. The van der Waals surface area contributed by atoms with Gasteiger partial charge >= 0.3 is 0 Å². The monoisotopic (exact) mass is 292 g/mol. The zero-order valence-corrected chi connectivity index (χ0v) is 12.4. The molecule has 1 aliphatic rings. The first-order valence-corrected chi connectivity index (χ1v) is 7.16. The van der Waals surface area contributed by atoms with Crippen LogP contribution in [0.2, 0.25) is 0 Å². The minimum atomic E-state index is -0.423. The molecule has 0 radical (unpaired) electrons. The lowest BCUT2D eigenvalue weighted by molar-refractivity contribution is -0.134. The Morgan fingerprint density at radius 1 is 1.45 bits per heavy atom. The molecule has 0 spiro atoms. The first-order chi connectivity index (χ1) is 9.56. The number of carbonyl (C=O) groups excluding carboxylic acids is 1. The Balaban J connectivity index is 2.02. The molecule has 4 nitrogen and oxygen atoms in total. The lowest BCUT2D eigenvalue weighted by atomic mass is 9.77. The SMILES string of the molecule is COC1(CC(=O)NC(C(N)=S)c2ccccc2)CCC1. The second-order valence-electron chi connectivity index (χ2n) is 5.23. The van der Waals surface area contributed by atoms with Crippen LogP contribution in [0, 0.1) is 0 Å². The van der Waals surface area contributed by atoms with Crippen molar-refractivity contribution in [3.05, 3.63) is 35.9 Å². The van der Waals surface area contributed by atoms with Gasteiger partial charge in [-0.25, -0.2) is 0 Å². The molecule has 108 valence electrons. The highest BCUT2D eigenvalue weighted by Gasteiger charge is 2.39. The lowest BCUT2D eigenvalue weighted by Crippen LogP contribution is -2.46. The van der Waals surface area contributed by atoms with E-state index in [4.69, 9.17) is 22.7 Å². The number of benzene rings is 1. The Labute approximate surface area is 124 Å². The van der Waals surface area contributed by atoms with Gasteiger partial charge in [0.15, 0.2) is 0 Å². The third kappa shape index (κ3) is 3.35. The number of methoxy groups -OCH3 is 1. The van der Waals surface area contributed by atoms with Crippen LogP contribution in [0.1, 0.15) is 37.3 Å². The van der Waals surface area contributed by atoms with Crippen molar-refractivity contribution < 1.29 is 9.53 Å². The zero-order valence-electron chi connectivity index (χ0n) is 11.6. The van der Waals surface area contributed by atoms with Crippen LogP contribution in [0.5, 0.6) is 0 Å². The average Bonchev–Trinajstić information content (AvgIpc) is 2.41. The first kappa shape index (κ1) is 14.9. The molecule has 0 heterocycles. The molecule has 5 heteroatoms. The highest BCUT2D eigenvalue weighted by Crippen LogP contribution is 2.38. The fourth-order valence-corrected chi connectivity index (χ4v) is 2.69. The van der Waals surface area contributed by atoms with Gasteiger partial charge in [-0.3, -0.25) is 4.79 Å². The Hall–Kier alpha value is -1.46. The second kappa shape index (κ2) is 6.33. The summed E-state index contributed by atoms with van der Waals surface area (Å²) in [6.07, 6.45) is 3.33. The number of hydrogen-bond donors (Lipinski definition) is 2. The van der Waals surface area contributed by atoms with Crippen molar-refractivity contribution in [2.45, 2.75) is 37.3 Å². The predicted molar refractivity (Wildman–Crippen MR) is 82.3 cm³/mol. The van der Waals surface area contributed by atoms with E-state index in [0.717, 1.165) is 24.8 Å². The summed E-state index contributed by atoms with van der Waals surface area (Å²) in [5, 5.41) is 2.91. The van der Waals surface area contributed by atoms with E-state index in [-0.39, 0.29) is 16.5 Å². The summed E-state index contributed by atoms with van der Waals surface area (Å²) in [4.78, 5) is 12.5. The molecule has 1 aromatic rings. The normalized spacial score (nSPS) is 17.9. The van der Waals surface area contributed by atoms with Gasteiger partial charge in [0.1, 0.15) is 11.0 Å². The van der Waals surface area contributed by atoms with Crippen molar-refractivity contribution in [1.82, 2.24) is 5.32 Å². The van der Waals surface area contributed by atoms with Crippen LogP contribution in [0.15, 0.2) is 30.3 Å². The second-order valence-corrected chi connectivity index (χ2v) is 5.70. The topological polar surface area (TPSA) is 64.3 Å². The molecule has 20 heavy (non-hydrogen) atoms. The van der Waals surface area contributed by atoms with E-state index >= 15 is 0 Å². The van der Waals surface area contributed by atoms with Crippen LogP contribution in [-0.4, -0.2) is 23.6 Å². The van der Waals surface area contributed by atoms with Gasteiger partial charge in [0, 0.05) is 7.11 Å². The van der Waals surface area contributed by atoms with Crippen LogP contribution in [0.4, 0.5) is 0 Å². The summed E-state index contributed by atoms with van der Waals surface area (Å²) in [7, 11) is 1.66. The number of rotatable bonds is 6. The third-order valence-electron chi connectivity index (χ3n) is 3.90. The van der Waals surface area contributed by atoms with Crippen molar-refractivity contribution >= 4 is 23.1 Å². The predicted octanol–water partition coefficient (Wildman–Crippen LogP) is 2.09. The third-order valence-corrected chi connectivity index (χ3v) is 4.14. The number of nitrogens with two attached hydrogens (primary N) is 1. The Morgan fingerprint density at radius 3 is 2.55 bits per heavy atom. The number of carbonyl (C=O) groups is 1. The molecule has 0 aliphatic heterocycles. The van der Waals surface area contributed by atoms with Crippen molar-refractivity contribution in [1.29, 1.82) is 0 Å². The van der Waals surface area contributed by atoms with Gasteiger partial charge in [0.25, 0.3) is 0 Å². The molecule has 1 aliphatic carbocycles. The summed E-state index contributed by atoms with van der Waals surface area (Å²) >= 11 is 5.06. The molecule has 3 N–H and O–H groups in total. The van der Waals surface area contributed by atoms with Gasteiger partial charge < -0.3 is 15.8 Å². The van der Waals surface area contributed by atoms with Crippen molar-refractivity contribution in [3.8, 4) is 0 Å². The summed E-state index contributed by atoms with van der Waals surface area (Å²) in [6, 6.07) is 9.09. The van der Waals surface area contributed by atoms with Crippen LogP contribution in [-0.2, 0) is 9.53 Å². The van der Waals surface area contributed by atoms with Gasteiger partial charge in [-0.1, -0.05) is 42.5 Å². The van der Waals surface area contributed by atoms with Gasteiger partial charge in [-0.05, 0) is 24.8 Å². The molecule has 0 aromatic heterocycles. The number of hydrogen-bond acceptors (Lipinski definition) is 3. The Kier molecular flexibility index (Phi) is 4.73. The van der Waals surface area contributed by atoms with E-state index in [1.54, 1.807) is 7.11 Å². The molecule has 1 aromatic carbocycles. The summed E-state index contributed by atoms with van der Waals surface area (Å²) in [5.41, 5.74) is 6.35. The molecular weight excluding hydrogens is 272 g/mol. The highest BCUT2D eigenvalue weighted by molar-refractivity contribution is 7.80. The minimum absolute atomic E-state index is 0.0757. The van der Waals surface area contributed by atoms with E-state index < -0.39 is 6.04 Å². The van der Waals surface area contributed by atoms with Gasteiger partial charge in [0.05, 0.1) is 12.0 Å². The molecule has 1 atom stereocenters. The van der Waals surface area contributed by atoms with Crippen molar-refractivity contribution in [2.24, 2.45) is 5.73 Å². The quantitative estimate of drug-likeness (QED) is 0.788. The summed E-state index contributed by atoms with van der Waals surface area (Å²) in [5.74, 6) is -0.0757. The zero-order chi connectivity index (χ0) is 14.6. The van der Waals surface area contributed by atoms with Crippen LogP contribution >= 0.6 is 12.2 Å². The Bertz CT molecular complexity index is 480. The summed E-state index contributed by atoms with van der Waals surface area (Å²) < 4.78 is 5.47. The first-order valence-electron chi connectivity index (χ1n) is 6.75. The minimum Gasteiger partial charge on any atom is -0.391 e. The van der Waals surface area contributed by atoms with Gasteiger partial charge in [-0.2, -0.15) is 0 Å². The molecular formula is C15H20N2O2S. The number of nitrogens with one attached hydrogen (secondary N) is 1. The number of thiocarbonyl (C=S) groups is 1. The van der Waals surface area contributed by atoms with Crippen LogP contribution in [0.3, 0.4) is 0 Å². The maximum Gasteiger partial charge on any atom is 0.223 e. The van der Waals surface area contributed by atoms with Crippen molar-refractivity contribution in [3.63, 3.8) is 0 Å². The molecule has 1 saturated carbocycles. The largest absolute Gasteiger partial charge is 0.391 e. The molecule has 0 bridgehead atoms. The standard InChI is InChI=1S/C15H20N2O2S/c1-19-15(8-5-9-15)10-12(18)17-13(14(16)20)11-6-3-2-4-7-11/h2-4,6-7,13H,5,8-10H2,1H3,(H2,16,20)(H,17,18). The van der Waals surface area contributed by atoms with Gasteiger partial charge in [0.2, 0.25) is 5.91 Å². The molecule has 2 rings (SSSR count). The van der Waals surface area contributed by atoms with E-state index in [1.165, 1.54) is 0 Å². The van der Waals surface area contributed by atoms with E-state index in [1.807, 2.05) is 30.3 Å². The highest BCUT2D eigenvalue weighted by atomic mass is 32.1. The van der Waals surface area contributed by atoms with E-state index in [0.29, 0.717) is 6.42 Å². The molecule has 1 unspecified atom stereocenters. The van der Waals surface area contributed by atoms with Crippen LogP contribution < -0.4 is 11.1 Å². The van der Waals surface area contributed by atoms with E-state index in [9.17, 15) is 4.79 Å². The average molecular weight is 292 g/mol. The smallest absolute Gasteiger partial charge is 0.223 e. The van der Waals surface area contributed by atoms with Gasteiger partial charge in [-0.15, -0.1) is 0 Å². The van der Waals surface area contributed by atoms with Crippen molar-refractivity contribution in [2.75, 3.05) is 7.11 Å². The maximum absolute atomic E-state index is 12.2. The maximum atomic E-state index is 12.2.